The lowest BCUT2D eigenvalue weighted by Crippen LogP contribution is -2.52. The van der Waals surface area contributed by atoms with E-state index in [2.05, 4.69) is 18.1 Å². The van der Waals surface area contributed by atoms with Crippen molar-refractivity contribution in [3.05, 3.63) is 32.6 Å². The van der Waals surface area contributed by atoms with Gasteiger partial charge in [-0.25, -0.2) is 4.79 Å². The lowest BCUT2D eigenvalue weighted by molar-refractivity contribution is -0.114. The van der Waals surface area contributed by atoms with Crippen LogP contribution in [0.2, 0.25) is 13.1 Å². The molecule has 1 aromatic rings. The lowest BCUT2D eigenvalue weighted by Gasteiger charge is -2.35. The Hall–Kier alpha value is -1.22. The Labute approximate surface area is 143 Å². The van der Waals surface area contributed by atoms with Crippen LogP contribution in [0.25, 0.3) is 0 Å². The molecule has 1 fully saturated rings. The highest BCUT2D eigenvalue weighted by Gasteiger charge is 2.50. The molecule has 1 aliphatic heterocycles. The van der Waals surface area contributed by atoms with Crippen LogP contribution >= 0.6 is 0 Å². The van der Waals surface area contributed by atoms with Crippen molar-refractivity contribution < 1.29 is 14.6 Å². The minimum Gasteiger partial charge on any atom is -0.390 e. The molecule has 0 spiro atoms. The summed E-state index contributed by atoms with van der Waals surface area (Å²) in [5.74, 6) is 0. The molecule has 3 atom stereocenters. The second-order valence-corrected chi connectivity index (χ2v) is 11.0. The Kier molecular flexibility index (Phi) is 5.24. The zero-order valence-electron chi connectivity index (χ0n) is 15.3. The zero-order chi connectivity index (χ0) is 18.3. The minimum atomic E-state index is -1.59. The van der Waals surface area contributed by atoms with Gasteiger partial charge in [-0.15, -0.1) is 0 Å². The van der Waals surface area contributed by atoms with Crippen LogP contribution in [-0.4, -0.2) is 47.9 Å². The zero-order valence-corrected chi connectivity index (χ0v) is 16.4. The number of H-pyrrole nitrogens is 1. The van der Waals surface area contributed by atoms with Crippen LogP contribution in [0.15, 0.2) is 15.8 Å². The van der Waals surface area contributed by atoms with Crippen molar-refractivity contribution in [3.8, 4) is 0 Å². The number of aromatic amines is 1. The van der Waals surface area contributed by atoms with Crippen molar-refractivity contribution in [1.82, 2.24) is 9.55 Å². The van der Waals surface area contributed by atoms with Gasteiger partial charge in [0, 0.05) is 18.2 Å². The summed E-state index contributed by atoms with van der Waals surface area (Å²) in [5.41, 5.74) is -0.801. The fourth-order valence-corrected chi connectivity index (χ4v) is 4.86. The van der Waals surface area contributed by atoms with Crippen molar-refractivity contribution in [2.75, 3.05) is 6.61 Å². The summed E-state index contributed by atoms with van der Waals surface area (Å²) >= 11 is 0. The molecular formula is C16H28N2O5Si. The average molecular weight is 356 g/mol. The third-order valence-corrected chi connectivity index (χ3v) is 6.85. The maximum absolute atomic E-state index is 12.4. The van der Waals surface area contributed by atoms with Gasteiger partial charge >= 0.3 is 5.69 Å². The number of aliphatic hydroxyl groups excluding tert-OH is 1. The number of nitrogens with one attached hydrogen (secondary N) is 1. The van der Waals surface area contributed by atoms with E-state index in [0.29, 0.717) is 12.0 Å². The first-order valence-corrected chi connectivity index (χ1v) is 11.2. The highest BCUT2D eigenvalue weighted by atomic mass is 28.3. The molecule has 1 aliphatic rings. The van der Waals surface area contributed by atoms with E-state index in [1.807, 2.05) is 20.8 Å². The number of aromatic nitrogens is 2. The highest BCUT2D eigenvalue weighted by molar-refractivity contribution is 6.58. The Morgan fingerprint density at radius 2 is 2.08 bits per heavy atom. The molecule has 0 amide bonds. The maximum Gasteiger partial charge on any atom is 0.330 e. The van der Waals surface area contributed by atoms with Gasteiger partial charge in [0.05, 0.1) is 27.1 Å². The van der Waals surface area contributed by atoms with Crippen LogP contribution in [0, 0.1) is 6.92 Å². The third kappa shape index (κ3) is 3.71. The van der Waals surface area contributed by atoms with Crippen molar-refractivity contribution in [2.45, 2.75) is 70.4 Å². The van der Waals surface area contributed by atoms with E-state index in [4.69, 9.17) is 9.47 Å². The van der Waals surface area contributed by atoms with Crippen LogP contribution in [0.1, 0.15) is 32.8 Å². The van der Waals surface area contributed by atoms with Crippen LogP contribution in [0.5, 0.6) is 0 Å². The smallest absolute Gasteiger partial charge is 0.330 e. The molecule has 0 aliphatic carbocycles. The topological polar surface area (TPSA) is 93.6 Å². The fourth-order valence-electron chi connectivity index (χ4n) is 2.95. The van der Waals surface area contributed by atoms with Crippen molar-refractivity contribution in [1.29, 1.82) is 0 Å². The van der Waals surface area contributed by atoms with Gasteiger partial charge in [-0.1, -0.05) is 13.1 Å². The average Bonchev–Trinajstić information content (AvgIpc) is 2.78. The molecule has 0 bridgehead atoms. The second kappa shape index (κ2) is 6.59. The van der Waals surface area contributed by atoms with Crippen LogP contribution in [0.4, 0.5) is 0 Å². The molecule has 8 heteroatoms. The predicted molar refractivity (Wildman–Crippen MR) is 94.1 cm³/mol. The lowest BCUT2D eigenvalue weighted by atomic mass is 10.1. The molecular weight excluding hydrogens is 328 g/mol. The number of aliphatic hydroxyl groups is 1. The molecule has 0 saturated carbocycles. The Bertz CT molecular complexity index is 706. The van der Waals surface area contributed by atoms with Gasteiger partial charge in [0.25, 0.3) is 5.56 Å². The normalized spacial score (nSPS) is 27.8. The summed E-state index contributed by atoms with van der Waals surface area (Å²) in [5, 5.41) is 9.60. The summed E-state index contributed by atoms with van der Waals surface area (Å²) in [6.45, 7) is 11.8. The number of hydrogen-bond donors (Lipinski definition) is 2. The number of aryl methyl sites for hydroxylation is 1. The first kappa shape index (κ1) is 19.1. The molecule has 0 radical (unpaired) electrons. The molecule has 2 N–H and O–H groups in total. The van der Waals surface area contributed by atoms with Gasteiger partial charge in [-0.2, -0.15) is 0 Å². The Morgan fingerprint density at radius 3 is 2.62 bits per heavy atom. The van der Waals surface area contributed by atoms with E-state index in [1.54, 1.807) is 6.92 Å². The van der Waals surface area contributed by atoms with Gasteiger partial charge < -0.3 is 14.6 Å². The highest BCUT2D eigenvalue weighted by Crippen LogP contribution is 2.37. The predicted octanol–water partition coefficient (Wildman–Crippen LogP) is 0.489. The largest absolute Gasteiger partial charge is 0.390 e. The molecule has 7 nitrogen and oxygen atoms in total. The number of rotatable bonds is 4. The summed E-state index contributed by atoms with van der Waals surface area (Å²) in [6.07, 6.45) is 0.633. The van der Waals surface area contributed by atoms with E-state index < -0.39 is 37.6 Å². The summed E-state index contributed by atoms with van der Waals surface area (Å²) in [6, 6.07) is 0. The van der Waals surface area contributed by atoms with Crippen molar-refractivity contribution >= 4 is 8.80 Å². The van der Waals surface area contributed by atoms with E-state index in [1.165, 1.54) is 10.8 Å². The summed E-state index contributed by atoms with van der Waals surface area (Å²) < 4.78 is 13.4. The molecule has 1 saturated heterocycles. The molecule has 2 rings (SSSR count). The molecule has 0 unspecified atom stereocenters. The number of ether oxygens (including phenoxy) is 2. The maximum atomic E-state index is 12.4. The van der Waals surface area contributed by atoms with Gasteiger partial charge in [0.2, 0.25) is 0 Å². The van der Waals surface area contributed by atoms with Crippen molar-refractivity contribution in [3.63, 3.8) is 0 Å². The number of hydrogen-bond acceptors (Lipinski definition) is 5. The fraction of sp³-hybridized carbons (Fsp3) is 0.750. The monoisotopic (exact) mass is 356 g/mol. The van der Waals surface area contributed by atoms with Gasteiger partial charge in [0.1, 0.15) is 11.5 Å². The minimum absolute atomic E-state index is 0.255. The van der Waals surface area contributed by atoms with Crippen LogP contribution in [0.3, 0.4) is 0 Å². The van der Waals surface area contributed by atoms with E-state index in [-0.39, 0.29) is 12.2 Å². The Morgan fingerprint density at radius 1 is 1.46 bits per heavy atom. The molecule has 1 aromatic heterocycles. The molecule has 2 heterocycles. The Balaban J connectivity index is 2.39. The second-order valence-electron chi connectivity index (χ2n) is 7.79. The molecule has 136 valence electrons. The quantitative estimate of drug-likeness (QED) is 0.766. The third-order valence-electron chi connectivity index (χ3n) is 4.40. The molecule has 0 aromatic carbocycles. The first-order valence-electron chi connectivity index (χ1n) is 8.29. The van der Waals surface area contributed by atoms with E-state index in [0.717, 1.165) is 0 Å². The SMILES string of the molecule is Cc1cn([C@@]2([SiH](C)C)C[C@H](O)[C@@H](COC(C)(C)C)O2)c(=O)[nH]c1=O. The van der Waals surface area contributed by atoms with E-state index in [9.17, 15) is 14.7 Å². The number of nitrogens with zero attached hydrogens (tertiary/aromatic N) is 1. The van der Waals surface area contributed by atoms with Gasteiger partial charge in [0.15, 0.2) is 0 Å². The summed E-state index contributed by atoms with van der Waals surface area (Å²) in [7, 11) is -1.59. The summed E-state index contributed by atoms with van der Waals surface area (Å²) in [4.78, 5) is 26.3. The van der Waals surface area contributed by atoms with Gasteiger partial charge in [-0.05, 0) is 27.7 Å². The van der Waals surface area contributed by atoms with Crippen LogP contribution in [-0.2, 0) is 14.8 Å². The standard InChI is InChI=1S/C16H28N2O5Si/c1-10-8-18(14(21)17-13(10)20)16(24(5)6)7-11(19)12(23-16)9-22-15(2,3)4/h8,11-12,19,24H,7,9H2,1-6H3,(H,17,20,21)/t11-,12+,16-/m0/s1. The first-order chi connectivity index (χ1) is 11.0. The van der Waals surface area contributed by atoms with Crippen molar-refractivity contribution in [2.24, 2.45) is 0 Å². The van der Waals surface area contributed by atoms with Crippen LogP contribution < -0.4 is 11.2 Å². The van der Waals surface area contributed by atoms with Gasteiger partial charge in [-0.3, -0.25) is 14.3 Å². The molecule has 24 heavy (non-hydrogen) atoms. The van der Waals surface area contributed by atoms with E-state index >= 15 is 0 Å².